The smallest absolute Gasteiger partial charge is 0.408 e. The molecule has 0 spiro atoms. The molecule has 1 unspecified atom stereocenters. The first kappa shape index (κ1) is 12.4. The van der Waals surface area contributed by atoms with Crippen LogP contribution in [0.4, 0.5) is 5.69 Å². The van der Waals surface area contributed by atoms with Crippen LogP contribution in [0.5, 0.6) is 0 Å². The van der Waals surface area contributed by atoms with Crippen LogP contribution in [0, 0.1) is 5.92 Å². The summed E-state index contributed by atoms with van der Waals surface area (Å²) in [4.78, 5) is 23.0. The van der Waals surface area contributed by atoms with E-state index in [-0.39, 0.29) is 18.4 Å². The van der Waals surface area contributed by atoms with E-state index in [1.807, 2.05) is 0 Å². The Kier molecular flexibility index (Phi) is 3.20. The molecule has 0 bridgehead atoms. The SMILES string of the molecule is CC(CN)C(=O)Nc1ccc2c(c1)oc(=O)n2C. The van der Waals surface area contributed by atoms with Gasteiger partial charge < -0.3 is 15.5 Å². The van der Waals surface area contributed by atoms with E-state index in [2.05, 4.69) is 5.32 Å². The quantitative estimate of drug-likeness (QED) is 0.836. The molecule has 0 aliphatic carbocycles. The summed E-state index contributed by atoms with van der Waals surface area (Å²) in [6, 6.07) is 5.07. The molecule has 1 atom stereocenters. The fraction of sp³-hybridized carbons (Fsp3) is 0.333. The fourth-order valence-electron chi connectivity index (χ4n) is 1.58. The van der Waals surface area contributed by atoms with Crippen molar-refractivity contribution in [3.05, 3.63) is 28.7 Å². The summed E-state index contributed by atoms with van der Waals surface area (Å²) >= 11 is 0. The summed E-state index contributed by atoms with van der Waals surface area (Å²) in [5.74, 6) is -0.845. The zero-order valence-corrected chi connectivity index (χ0v) is 10.3. The predicted octanol–water partition coefficient (Wildman–Crippen LogP) is 0.665. The van der Waals surface area contributed by atoms with Gasteiger partial charge in [-0.15, -0.1) is 0 Å². The Morgan fingerprint density at radius 2 is 2.28 bits per heavy atom. The van der Waals surface area contributed by atoms with Crippen LogP contribution in [0.2, 0.25) is 0 Å². The Morgan fingerprint density at radius 1 is 1.56 bits per heavy atom. The monoisotopic (exact) mass is 249 g/mol. The van der Waals surface area contributed by atoms with Gasteiger partial charge in [-0.1, -0.05) is 6.92 Å². The number of nitrogens with one attached hydrogen (secondary N) is 1. The lowest BCUT2D eigenvalue weighted by atomic mass is 10.1. The van der Waals surface area contributed by atoms with Gasteiger partial charge >= 0.3 is 5.76 Å². The summed E-state index contributed by atoms with van der Waals surface area (Å²) in [6.45, 7) is 2.03. The third-order valence-electron chi connectivity index (χ3n) is 2.86. The Hall–Kier alpha value is -2.08. The molecule has 1 heterocycles. The van der Waals surface area contributed by atoms with Gasteiger partial charge in [0, 0.05) is 31.3 Å². The van der Waals surface area contributed by atoms with Gasteiger partial charge in [-0.05, 0) is 12.1 Å². The lowest BCUT2D eigenvalue weighted by Crippen LogP contribution is -2.26. The molecule has 1 amide bonds. The second-order valence-electron chi connectivity index (χ2n) is 4.24. The molecule has 0 fully saturated rings. The number of carbonyl (C=O) groups is 1. The zero-order chi connectivity index (χ0) is 13.3. The average Bonchev–Trinajstić information content (AvgIpc) is 2.63. The summed E-state index contributed by atoms with van der Waals surface area (Å²) in [5.41, 5.74) is 7.13. The van der Waals surface area contributed by atoms with Gasteiger partial charge in [0.2, 0.25) is 5.91 Å². The standard InChI is InChI=1S/C12H15N3O3/c1-7(6-13)11(16)14-8-3-4-9-10(5-8)18-12(17)15(9)2/h3-5,7H,6,13H2,1-2H3,(H,14,16). The number of hydrogen-bond donors (Lipinski definition) is 2. The summed E-state index contributed by atoms with van der Waals surface area (Å²) in [7, 11) is 1.63. The lowest BCUT2D eigenvalue weighted by Gasteiger charge is -2.09. The van der Waals surface area contributed by atoms with Crippen LogP contribution in [-0.2, 0) is 11.8 Å². The highest BCUT2D eigenvalue weighted by Crippen LogP contribution is 2.18. The van der Waals surface area contributed by atoms with Gasteiger partial charge in [-0.3, -0.25) is 9.36 Å². The number of hydrogen-bond acceptors (Lipinski definition) is 4. The van der Waals surface area contributed by atoms with Gasteiger partial charge in [-0.25, -0.2) is 4.79 Å². The lowest BCUT2D eigenvalue weighted by molar-refractivity contribution is -0.119. The van der Waals surface area contributed by atoms with Crippen molar-refractivity contribution in [3.8, 4) is 0 Å². The molecular weight excluding hydrogens is 234 g/mol. The molecule has 96 valence electrons. The van der Waals surface area contributed by atoms with Crippen molar-refractivity contribution < 1.29 is 9.21 Å². The Morgan fingerprint density at radius 3 is 2.94 bits per heavy atom. The van der Waals surface area contributed by atoms with Gasteiger partial charge in [-0.2, -0.15) is 0 Å². The molecule has 6 heteroatoms. The maximum atomic E-state index is 11.7. The van der Waals surface area contributed by atoms with Crippen molar-refractivity contribution in [1.29, 1.82) is 0 Å². The predicted molar refractivity (Wildman–Crippen MR) is 68.3 cm³/mol. The van der Waals surface area contributed by atoms with E-state index in [9.17, 15) is 9.59 Å². The van der Waals surface area contributed by atoms with E-state index >= 15 is 0 Å². The van der Waals surface area contributed by atoms with Crippen molar-refractivity contribution >= 4 is 22.7 Å². The van der Waals surface area contributed by atoms with Crippen LogP contribution < -0.4 is 16.8 Å². The maximum absolute atomic E-state index is 11.7. The first-order valence-corrected chi connectivity index (χ1v) is 5.63. The number of fused-ring (bicyclic) bond motifs is 1. The second-order valence-corrected chi connectivity index (χ2v) is 4.24. The van der Waals surface area contributed by atoms with E-state index in [4.69, 9.17) is 10.2 Å². The molecule has 2 rings (SSSR count). The molecule has 0 saturated heterocycles. The third kappa shape index (κ3) is 2.14. The highest BCUT2D eigenvalue weighted by Gasteiger charge is 2.12. The first-order valence-electron chi connectivity index (χ1n) is 5.63. The van der Waals surface area contributed by atoms with Gasteiger partial charge in [0.25, 0.3) is 0 Å². The largest absolute Gasteiger partial charge is 0.419 e. The van der Waals surface area contributed by atoms with Crippen molar-refractivity contribution in [2.75, 3.05) is 11.9 Å². The average molecular weight is 249 g/mol. The van der Waals surface area contributed by atoms with Crippen LogP contribution in [0.3, 0.4) is 0 Å². The van der Waals surface area contributed by atoms with E-state index in [1.165, 1.54) is 4.57 Å². The number of benzene rings is 1. The van der Waals surface area contributed by atoms with Crippen molar-refractivity contribution in [1.82, 2.24) is 4.57 Å². The number of oxazole rings is 1. The molecule has 0 saturated carbocycles. The Bertz CT molecular complexity index is 642. The number of rotatable bonds is 3. The van der Waals surface area contributed by atoms with Gasteiger partial charge in [0.1, 0.15) is 0 Å². The highest BCUT2D eigenvalue weighted by molar-refractivity contribution is 5.94. The zero-order valence-electron chi connectivity index (χ0n) is 10.3. The molecule has 2 aromatic rings. The van der Waals surface area contributed by atoms with Crippen LogP contribution in [0.1, 0.15) is 6.92 Å². The van der Waals surface area contributed by atoms with Gasteiger partial charge in [0.15, 0.2) is 5.58 Å². The molecule has 1 aromatic carbocycles. The van der Waals surface area contributed by atoms with E-state index < -0.39 is 5.76 Å². The van der Waals surface area contributed by atoms with Crippen LogP contribution in [0.15, 0.2) is 27.4 Å². The number of aromatic nitrogens is 1. The van der Waals surface area contributed by atoms with Crippen molar-refractivity contribution in [2.24, 2.45) is 18.7 Å². The molecular formula is C12H15N3O3. The third-order valence-corrected chi connectivity index (χ3v) is 2.86. The Labute approximate surface area is 103 Å². The minimum Gasteiger partial charge on any atom is -0.408 e. The number of anilines is 1. The number of amides is 1. The van der Waals surface area contributed by atoms with Crippen molar-refractivity contribution in [3.63, 3.8) is 0 Å². The van der Waals surface area contributed by atoms with E-state index in [0.29, 0.717) is 16.8 Å². The number of aryl methyl sites for hydroxylation is 1. The summed E-state index contributed by atoms with van der Waals surface area (Å²) in [5, 5.41) is 2.72. The molecule has 0 aliphatic heterocycles. The van der Waals surface area contributed by atoms with Gasteiger partial charge in [0.05, 0.1) is 5.52 Å². The van der Waals surface area contributed by atoms with E-state index in [1.54, 1.807) is 32.2 Å². The normalized spacial score (nSPS) is 12.6. The molecule has 0 radical (unpaired) electrons. The minimum atomic E-state index is -0.427. The highest BCUT2D eigenvalue weighted by atomic mass is 16.4. The number of nitrogens with zero attached hydrogens (tertiary/aromatic N) is 1. The van der Waals surface area contributed by atoms with E-state index in [0.717, 1.165) is 0 Å². The molecule has 6 nitrogen and oxygen atoms in total. The number of carbonyl (C=O) groups excluding carboxylic acids is 1. The molecule has 18 heavy (non-hydrogen) atoms. The summed E-state index contributed by atoms with van der Waals surface area (Å²) in [6.07, 6.45) is 0. The number of nitrogens with two attached hydrogens (primary N) is 1. The Balaban J connectivity index is 2.31. The second kappa shape index (κ2) is 4.66. The van der Waals surface area contributed by atoms with Crippen LogP contribution in [0.25, 0.3) is 11.1 Å². The minimum absolute atomic E-state index is 0.157. The fourth-order valence-corrected chi connectivity index (χ4v) is 1.58. The summed E-state index contributed by atoms with van der Waals surface area (Å²) < 4.78 is 6.45. The molecule has 1 aromatic heterocycles. The maximum Gasteiger partial charge on any atom is 0.419 e. The topological polar surface area (TPSA) is 90.3 Å². The first-order chi connectivity index (χ1) is 8.52. The van der Waals surface area contributed by atoms with Crippen LogP contribution >= 0.6 is 0 Å². The molecule has 0 aliphatic rings. The molecule has 3 N–H and O–H groups in total. The van der Waals surface area contributed by atoms with Crippen LogP contribution in [-0.4, -0.2) is 17.0 Å². The van der Waals surface area contributed by atoms with Crippen molar-refractivity contribution in [2.45, 2.75) is 6.92 Å².